The largest absolute Gasteiger partial charge is 0.462 e. The maximum absolute atomic E-state index is 12.8. The molecule has 0 bridgehead atoms. The molecule has 0 aromatic rings. The molecule has 2 rings (SSSR count). The molecule has 0 radical (unpaired) electrons. The average molecular weight is 391 g/mol. The number of rotatable bonds is 6. The van der Waals surface area contributed by atoms with Crippen LogP contribution in [0.2, 0.25) is 0 Å². The van der Waals surface area contributed by atoms with Gasteiger partial charge in [0.2, 0.25) is 0 Å². The summed E-state index contributed by atoms with van der Waals surface area (Å²) >= 11 is 0. The van der Waals surface area contributed by atoms with Crippen LogP contribution in [0.3, 0.4) is 0 Å². The van der Waals surface area contributed by atoms with Gasteiger partial charge in [-0.25, -0.2) is 4.79 Å². The van der Waals surface area contributed by atoms with Crippen molar-refractivity contribution in [2.75, 3.05) is 0 Å². The van der Waals surface area contributed by atoms with Crippen LogP contribution in [-0.4, -0.2) is 29.9 Å². The van der Waals surface area contributed by atoms with E-state index in [2.05, 4.69) is 20.4 Å². The molecular formula is C23H34O5. The van der Waals surface area contributed by atoms with Gasteiger partial charge < -0.3 is 9.47 Å². The van der Waals surface area contributed by atoms with Crippen molar-refractivity contribution in [3.8, 4) is 0 Å². The summed E-state index contributed by atoms with van der Waals surface area (Å²) < 4.78 is 11.1. The Morgan fingerprint density at radius 1 is 1.25 bits per heavy atom. The van der Waals surface area contributed by atoms with Gasteiger partial charge in [-0.05, 0) is 55.9 Å². The molecule has 2 fully saturated rings. The summed E-state index contributed by atoms with van der Waals surface area (Å²) in [6, 6.07) is 0. The predicted octanol–water partition coefficient (Wildman–Crippen LogP) is 4.26. The molecule has 6 atom stereocenters. The number of ketones is 1. The zero-order chi connectivity index (χ0) is 21.2. The molecule has 5 nitrogen and oxygen atoms in total. The maximum atomic E-state index is 12.8. The zero-order valence-electron chi connectivity index (χ0n) is 18.0. The number of fused-ring (bicyclic) bond motifs is 1. The van der Waals surface area contributed by atoms with Crippen LogP contribution in [0, 0.1) is 29.6 Å². The highest BCUT2D eigenvalue weighted by molar-refractivity contribution is 5.86. The third-order valence-electron chi connectivity index (χ3n) is 6.44. The first kappa shape index (κ1) is 22.4. The normalized spacial score (nSPS) is 31.5. The van der Waals surface area contributed by atoms with Gasteiger partial charge in [0.15, 0.2) is 0 Å². The molecule has 2 aliphatic rings. The number of allylic oxidation sites excluding steroid dienone is 1. The first-order chi connectivity index (χ1) is 13.1. The van der Waals surface area contributed by atoms with Crippen molar-refractivity contribution in [2.24, 2.45) is 29.6 Å². The van der Waals surface area contributed by atoms with Crippen molar-refractivity contribution in [1.82, 2.24) is 0 Å². The number of Topliss-reactive ketones (excluding diaryl/α,β-unsaturated/α-hetero) is 1. The Balaban J connectivity index is 2.26. The molecule has 0 amide bonds. The lowest BCUT2D eigenvalue weighted by Gasteiger charge is -2.44. The average Bonchev–Trinajstić information content (AvgIpc) is 2.93. The minimum absolute atomic E-state index is 0.0364. The highest BCUT2D eigenvalue weighted by Gasteiger charge is 2.55. The van der Waals surface area contributed by atoms with Crippen LogP contribution in [0.4, 0.5) is 0 Å². The molecule has 0 heterocycles. The minimum Gasteiger partial charge on any atom is -0.462 e. The molecule has 2 aliphatic carbocycles. The third-order valence-corrected chi connectivity index (χ3v) is 6.44. The Labute approximate surface area is 168 Å². The van der Waals surface area contributed by atoms with Gasteiger partial charge in [0.25, 0.3) is 0 Å². The molecule has 4 unspecified atom stereocenters. The van der Waals surface area contributed by atoms with Crippen molar-refractivity contribution in [2.45, 2.75) is 73.0 Å². The van der Waals surface area contributed by atoms with Crippen LogP contribution in [0.1, 0.15) is 60.8 Å². The number of hydrogen-bond donors (Lipinski definition) is 0. The van der Waals surface area contributed by atoms with Crippen molar-refractivity contribution < 1.29 is 23.9 Å². The number of hydrogen-bond acceptors (Lipinski definition) is 5. The van der Waals surface area contributed by atoms with Crippen LogP contribution in [-0.2, 0) is 23.9 Å². The minimum atomic E-state index is -0.455. The molecule has 5 heteroatoms. The SMILES string of the molecule is C=C1[C@@H](OC(=O)/C=C(\C)CC)CC(C(C)C)C2C(C(C)OC(C)=O)C(=O)C[C@H]12. The summed E-state index contributed by atoms with van der Waals surface area (Å²) in [7, 11) is 0. The zero-order valence-corrected chi connectivity index (χ0v) is 18.0. The maximum Gasteiger partial charge on any atom is 0.331 e. The lowest BCUT2D eigenvalue weighted by molar-refractivity contribution is -0.153. The lowest BCUT2D eigenvalue weighted by Crippen LogP contribution is -2.44. The van der Waals surface area contributed by atoms with Crippen molar-refractivity contribution >= 4 is 17.7 Å². The molecule has 156 valence electrons. The smallest absolute Gasteiger partial charge is 0.331 e. The van der Waals surface area contributed by atoms with Gasteiger partial charge in [0, 0.05) is 19.4 Å². The van der Waals surface area contributed by atoms with E-state index in [0.29, 0.717) is 18.8 Å². The summed E-state index contributed by atoms with van der Waals surface area (Å²) in [6.45, 7) is 15.5. The number of carbonyl (C=O) groups is 3. The van der Waals surface area contributed by atoms with Crippen LogP contribution >= 0.6 is 0 Å². The first-order valence-electron chi connectivity index (χ1n) is 10.3. The topological polar surface area (TPSA) is 69.7 Å². The lowest BCUT2D eigenvalue weighted by atomic mass is 9.63. The second-order valence-corrected chi connectivity index (χ2v) is 8.68. The summed E-state index contributed by atoms with van der Waals surface area (Å²) in [4.78, 5) is 36.6. The Morgan fingerprint density at radius 2 is 1.89 bits per heavy atom. The van der Waals surface area contributed by atoms with Gasteiger partial charge in [-0.15, -0.1) is 0 Å². The highest BCUT2D eigenvalue weighted by Crippen LogP contribution is 2.53. The quantitative estimate of drug-likeness (QED) is 0.385. The van der Waals surface area contributed by atoms with Crippen molar-refractivity contribution in [1.29, 1.82) is 0 Å². The molecule has 2 saturated carbocycles. The standard InChI is InChI=1S/C23H34O5/c1-8-13(4)9-21(26)28-20-11-17(12(2)3)23-18(14(20)5)10-19(25)22(23)15(6)27-16(7)24/h9,12,15,17-18,20,22-23H,5,8,10-11H2,1-4,6-7H3/b13-9+/t15?,17?,18-,20+,22?,23?/m1/s1. The van der Waals surface area contributed by atoms with Gasteiger partial charge in [0.1, 0.15) is 18.0 Å². The van der Waals surface area contributed by atoms with Crippen LogP contribution in [0.5, 0.6) is 0 Å². The van der Waals surface area contributed by atoms with Gasteiger partial charge in [-0.3, -0.25) is 9.59 Å². The Kier molecular flexibility index (Phi) is 7.24. The van der Waals surface area contributed by atoms with E-state index in [-0.39, 0.29) is 47.5 Å². The monoisotopic (exact) mass is 390 g/mol. The van der Waals surface area contributed by atoms with E-state index >= 15 is 0 Å². The molecule has 0 aliphatic heterocycles. The van der Waals surface area contributed by atoms with Crippen LogP contribution in [0.25, 0.3) is 0 Å². The summed E-state index contributed by atoms with van der Waals surface area (Å²) in [6.07, 6.45) is 2.53. The van der Waals surface area contributed by atoms with Gasteiger partial charge in [0.05, 0.1) is 5.92 Å². The number of ether oxygens (including phenoxy) is 2. The van der Waals surface area contributed by atoms with E-state index in [1.807, 2.05) is 13.8 Å². The van der Waals surface area contributed by atoms with Crippen molar-refractivity contribution in [3.63, 3.8) is 0 Å². The molecule has 0 aromatic heterocycles. The summed E-state index contributed by atoms with van der Waals surface area (Å²) in [5.74, 6) is -0.388. The molecule has 0 N–H and O–H groups in total. The fourth-order valence-electron chi connectivity index (χ4n) is 4.92. The summed E-state index contributed by atoms with van der Waals surface area (Å²) in [5, 5.41) is 0. The number of carbonyl (C=O) groups excluding carboxylic acids is 3. The fraction of sp³-hybridized carbons (Fsp3) is 0.696. The van der Waals surface area contributed by atoms with E-state index in [1.165, 1.54) is 13.0 Å². The molecule has 0 aromatic carbocycles. The van der Waals surface area contributed by atoms with Gasteiger partial charge in [-0.1, -0.05) is 32.9 Å². The third kappa shape index (κ3) is 4.73. The predicted molar refractivity (Wildman–Crippen MR) is 107 cm³/mol. The Bertz CT molecular complexity index is 674. The van der Waals surface area contributed by atoms with Gasteiger partial charge in [-0.2, -0.15) is 0 Å². The molecule has 28 heavy (non-hydrogen) atoms. The van der Waals surface area contributed by atoms with Gasteiger partial charge >= 0.3 is 11.9 Å². The molecular weight excluding hydrogens is 356 g/mol. The van der Waals surface area contributed by atoms with E-state index < -0.39 is 6.10 Å². The second kappa shape index (κ2) is 9.06. The van der Waals surface area contributed by atoms with E-state index in [9.17, 15) is 14.4 Å². The Hall–Kier alpha value is -1.91. The summed E-state index contributed by atoms with van der Waals surface area (Å²) in [5.41, 5.74) is 1.79. The van der Waals surface area contributed by atoms with Crippen LogP contribution in [0.15, 0.2) is 23.8 Å². The highest BCUT2D eigenvalue weighted by atomic mass is 16.5. The second-order valence-electron chi connectivity index (χ2n) is 8.68. The number of esters is 2. The molecule has 0 spiro atoms. The first-order valence-corrected chi connectivity index (χ1v) is 10.3. The van der Waals surface area contributed by atoms with E-state index in [0.717, 1.165) is 17.6 Å². The Morgan fingerprint density at radius 3 is 2.43 bits per heavy atom. The van der Waals surface area contributed by atoms with E-state index in [4.69, 9.17) is 9.47 Å². The molecule has 0 saturated heterocycles. The van der Waals surface area contributed by atoms with Crippen molar-refractivity contribution in [3.05, 3.63) is 23.8 Å². The van der Waals surface area contributed by atoms with E-state index in [1.54, 1.807) is 6.92 Å². The fourth-order valence-corrected chi connectivity index (χ4v) is 4.92. The van der Waals surface area contributed by atoms with Crippen LogP contribution < -0.4 is 0 Å².